The first kappa shape index (κ1) is 48.6. The minimum Gasteiger partial charge on any atom is -0.459 e. The first-order chi connectivity index (χ1) is 34.7. The summed E-state index contributed by atoms with van der Waals surface area (Å²) >= 11 is 1.11. The molecule has 14 nitrogen and oxygen atoms in total. The van der Waals surface area contributed by atoms with E-state index in [1.807, 2.05) is 36.4 Å². The molecule has 0 unspecified atom stereocenters. The van der Waals surface area contributed by atoms with Gasteiger partial charge < -0.3 is 42.6 Å². The smallest absolute Gasteiger partial charge is 0.338 e. The number of rotatable bonds is 15. The van der Waals surface area contributed by atoms with E-state index < -0.39 is 96.2 Å². The molecule has 10 atom stereocenters. The van der Waals surface area contributed by atoms with Gasteiger partial charge in [-0.2, -0.15) is 0 Å². The molecule has 0 aromatic heterocycles. The zero-order chi connectivity index (χ0) is 49.1. The highest BCUT2D eigenvalue weighted by atomic mass is 32.2. The molecule has 15 heteroatoms. The Bertz CT molecular complexity index is 2780. The fourth-order valence-electron chi connectivity index (χ4n) is 8.46. The lowest BCUT2D eigenvalue weighted by atomic mass is 9.89. The highest BCUT2D eigenvalue weighted by Crippen LogP contribution is 2.45. The predicted molar refractivity (Wildman–Crippen MR) is 258 cm³/mol. The van der Waals surface area contributed by atoms with Crippen LogP contribution < -0.4 is 0 Å². The van der Waals surface area contributed by atoms with Crippen molar-refractivity contribution in [1.29, 1.82) is 0 Å². The van der Waals surface area contributed by atoms with Gasteiger partial charge in [0, 0.05) is 12.7 Å². The van der Waals surface area contributed by atoms with E-state index in [-0.39, 0.29) is 34.4 Å². The van der Waals surface area contributed by atoms with Crippen molar-refractivity contribution in [3.63, 3.8) is 0 Å². The molecular formula is C56H48O14S. The second kappa shape index (κ2) is 23.0. The van der Waals surface area contributed by atoms with Crippen molar-refractivity contribution in [3.05, 3.63) is 227 Å². The van der Waals surface area contributed by atoms with Crippen molar-refractivity contribution >= 4 is 41.6 Å². The van der Waals surface area contributed by atoms with Crippen LogP contribution in [0.4, 0.5) is 0 Å². The third kappa shape index (κ3) is 11.6. The number of thioether (sulfide) groups is 1. The molecule has 0 bridgehead atoms. The highest BCUT2D eigenvalue weighted by molar-refractivity contribution is 8.00. The number of carbonyl (C=O) groups is 5. The van der Waals surface area contributed by atoms with Gasteiger partial charge in [0.1, 0.15) is 18.8 Å². The Labute approximate surface area is 413 Å². The maximum absolute atomic E-state index is 14.3. The summed E-state index contributed by atoms with van der Waals surface area (Å²) in [6.45, 7) is -0.406. The number of hydrogen-bond acceptors (Lipinski definition) is 15. The van der Waals surface area contributed by atoms with E-state index in [1.54, 1.807) is 152 Å². The van der Waals surface area contributed by atoms with E-state index in [9.17, 15) is 24.0 Å². The highest BCUT2D eigenvalue weighted by Gasteiger charge is 2.55. The van der Waals surface area contributed by atoms with E-state index in [2.05, 4.69) is 0 Å². The van der Waals surface area contributed by atoms with Gasteiger partial charge >= 0.3 is 29.8 Å². The van der Waals surface area contributed by atoms with Gasteiger partial charge in [-0.15, -0.1) is 11.8 Å². The number of hydrogen-bond donors (Lipinski definition) is 0. The Morgan fingerprint density at radius 3 is 1.37 bits per heavy atom. The minimum absolute atomic E-state index is 0.00872. The summed E-state index contributed by atoms with van der Waals surface area (Å²) in [4.78, 5) is 70.5. The molecule has 0 radical (unpaired) electrons. The molecule has 6 aromatic rings. The zero-order valence-corrected chi connectivity index (χ0v) is 39.0. The van der Waals surface area contributed by atoms with Crippen LogP contribution in [-0.4, -0.2) is 104 Å². The van der Waals surface area contributed by atoms with Gasteiger partial charge in [0.25, 0.3) is 0 Å². The Kier molecular flexibility index (Phi) is 15.8. The third-order valence-electron chi connectivity index (χ3n) is 12.0. The van der Waals surface area contributed by atoms with Crippen LogP contribution in [0.5, 0.6) is 0 Å². The lowest BCUT2D eigenvalue weighted by Crippen LogP contribution is -2.62. The van der Waals surface area contributed by atoms with Gasteiger partial charge in [-0.1, -0.05) is 127 Å². The monoisotopic (exact) mass is 976 g/mol. The molecule has 362 valence electrons. The number of ether oxygens (including phenoxy) is 9. The summed E-state index contributed by atoms with van der Waals surface area (Å²) in [7, 11) is 1.34. The largest absolute Gasteiger partial charge is 0.459 e. The summed E-state index contributed by atoms with van der Waals surface area (Å²) < 4.78 is 56.9. The van der Waals surface area contributed by atoms with Crippen molar-refractivity contribution in [2.75, 3.05) is 20.3 Å². The molecule has 71 heavy (non-hydrogen) atoms. The normalized spacial score (nSPS) is 24.7. The average molecular weight is 977 g/mol. The van der Waals surface area contributed by atoms with Gasteiger partial charge in [0.05, 0.1) is 44.9 Å². The lowest BCUT2D eigenvalue weighted by Gasteiger charge is -2.48. The van der Waals surface area contributed by atoms with Crippen molar-refractivity contribution in [3.8, 4) is 0 Å². The fourth-order valence-corrected chi connectivity index (χ4v) is 10.1. The average Bonchev–Trinajstić information content (AvgIpc) is 3.43. The SMILES string of the molecule is CO[C@H]1O[C@H](COC(=O)c2ccccc2)[C@@H](S[C@H]2C=C3CO[C@@H](c4ccccc4)O[C@H]3[C@H](OC(=O)c3ccccc3)[C@H]2OC(=O)c2ccccc2)[C@H](OC(=O)c2ccccc2)[C@H]1OC(=O)c1ccccc1. The maximum atomic E-state index is 14.3. The van der Waals surface area contributed by atoms with Crippen molar-refractivity contribution in [1.82, 2.24) is 0 Å². The van der Waals surface area contributed by atoms with Crippen LogP contribution in [0.25, 0.3) is 0 Å². The third-order valence-corrected chi connectivity index (χ3v) is 13.6. The number of benzene rings is 6. The Balaban J connectivity index is 1.16. The summed E-state index contributed by atoms with van der Waals surface area (Å²) in [5.74, 6) is -3.67. The Morgan fingerprint density at radius 2 is 0.901 bits per heavy atom. The topological polar surface area (TPSA) is 168 Å². The Morgan fingerprint density at radius 1 is 0.493 bits per heavy atom. The predicted octanol–water partition coefficient (Wildman–Crippen LogP) is 8.64. The van der Waals surface area contributed by atoms with Crippen LogP contribution in [0.3, 0.4) is 0 Å². The summed E-state index contributed by atoms with van der Waals surface area (Å²) in [6, 6.07) is 50.8. The van der Waals surface area contributed by atoms with E-state index in [4.69, 9.17) is 42.6 Å². The number of esters is 5. The quantitative estimate of drug-likeness (QED) is 0.0544. The number of methoxy groups -OCH3 is 1. The second-order valence-corrected chi connectivity index (χ2v) is 18.0. The molecule has 1 aliphatic carbocycles. The lowest BCUT2D eigenvalue weighted by molar-refractivity contribution is -0.258. The zero-order valence-electron chi connectivity index (χ0n) is 38.2. The van der Waals surface area contributed by atoms with Gasteiger partial charge in [-0.25, -0.2) is 24.0 Å². The molecule has 6 aromatic carbocycles. The summed E-state index contributed by atoms with van der Waals surface area (Å²) in [5.41, 5.74) is 2.35. The van der Waals surface area contributed by atoms with Crippen LogP contribution in [0.1, 0.15) is 63.6 Å². The van der Waals surface area contributed by atoms with E-state index in [0.29, 0.717) is 11.1 Å². The molecule has 2 heterocycles. The van der Waals surface area contributed by atoms with Crippen LogP contribution in [0.2, 0.25) is 0 Å². The van der Waals surface area contributed by atoms with Gasteiger partial charge in [-0.3, -0.25) is 0 Å². The number of carbonyl (C=O) groups excluding carboxylic acids is 5. The van der Waals surface area contributed by atoms with E-state index in [0.717, 1.165) is 11.8 Å². The van der Waals surface area contributed by atoms with Crippen LogP contribution in [0, 0.1) is 0 Å². The molecule has 2 fully saturated rings. The van der Waals surface area contributed by atoms with Gasteiger partial charge in [-0.05, 0) is 66.2 Å². The molecule has 0 N–H and O–H groups in total. The molecular weight excluding hydrogens is 929 g/mol. The second-order valence-electron chi connectivity index (χ2n) is 16.6. The molecule has 2 saturated heterocycles. The molecule has 3 aliphatic rings. The van der Waals surface area contributed by atoms with Crippen LogP contribution in [-0.2, 0) is 42.6 Å². The molecule has 0 amide bonds. The van der Waals surface area contributed by atoms with Crippen LogP contribution >= 0.6 is 11.8 Å². The van der Waals surface area contributed by atoms with E-state index >= 15 is 0 Å². The standard InChI is InChI=1S/C56H48O14S/c1-62-56-48(69-54(61)39-28-16-6-17-29-39)47(68-53(60)38-26-14-5-15-27-38)49(42(65-56)34-63-50(57)35-20-8-2-9-21-35)71-43-32-41-33-64-55(40-30-18-7-19-31-40)70-44(41)46(67-52(59)37-24-12-4-13-25-37)45(43)66-51(58)36-22-10-3-11-23-36/h2-32,42-49,55-56H,33-34H2,1H3/t42-,43+,44-,45+,46+,47-,48-,49-,55-,56+/m1/s1. The van der Waals surface area contributed by atoms with Crippen LogP contribution in [0.15, 0.2) is 194 Å². The van der Waals surface area contributed by atoms with Crippen molar-refractivity contribution in [2.24, 2.45) is 0 Å². The summed E-state index contributed by atoms with van der Waals surface area (Å²) in [5, 5.41) is -2.10. The fraction of sp³-hybridized carbons (Fsp3) is 0.232. The van der Waals surface area contributed by atoms with Crippen molar-refractivity contribution < 1.29 is 66.6 Å². The number of fused-ring (bicyclic) bond motifs is 1. The molecule has 2 aliphatic heterocycles. The van der Waals surface area contributed by atoms with Crippen molar-refractivity contribution in [2.45, 2.75) is 59.7 Å². The first-order valence-corrected chi connectivity index (χ1v) is 23.8. The van der Waals surface area contributed by atoms with Gasteiger partial charge in [0.2, 0.25) is 0 Å². The Hall–Kier alpha value is -7.40. The minimum atomic E-state index is -1.44. The summed E-state index contributed by atoms with van der Waals surface area (Å²) in [6.07, 6.45) is -8.10. The molecule has 0 spiro atoms. The van der Waals surface area contributed by atoms with Gasteiger partial charge in [0.15, 0.2) is 37.0 Å². The molecule has 0 saturated carbocycles. The molecule has 9 rings (SSSR count). The maximum Gasteiger partial charge on any atom is 0.338 e. The first-order valence-electron chi connectivity index (χ1n) is 22.9. The van der Waals surface area contributed by atoms with E-state index in [1.165, 1.54) is 7.11 Å².